The van der Waals surface area contributed by atoms with E-state index in [4.69, 9.17) is 4.74 Å². The summed E-state index contributed by atoms with van der Waals surface area (Å²) >= 11 is 0. The van der Waals surface area contributed by atoms with E-state index in [0.717, 1.165) is 28.1 Å². The van der Waals surface area contributed by atoms with E-state index in [9.17, 15) is 14.7 Å². The van der Waals surface area contributed by atoms with Crippen molar-refractivity contribution in [1.29, 1.82) is 0 Å². The van der Waals surface area contributed by atoms with Crippen LogP contribution in [-0.4, -0.2) is 37.5 Å². The van der Waals surface area contributed by atoms with Gasteiger partial charge in [-0.15, -0.1) is 0 Å². The molecule has 6 nitrogen and oxygen atoms in total. The number of aliphatic hydroxyl groups excluding tert-OH is 1. The number of carbonyl (C=O) groups is 2. The van der Waals surface area contributed by atoms with Crippen LogP contribution in [0.4, 0.5) is 11.4 Å². The molecule has 1 N–H and O–H groups in total. The van der Waals surface area contributed by atoms with Crippen LogP contribution in [0.5, 0.6) is 5.75 Å². The summed E-state index contributed by atoms with van der Waals surface area (Å²) in [5.74, 6) is -0.682. The molecule has 0 bridgehead atoms. The highest BCUT2D eigenvalue weighted by Gasteiger charge is 2.47. The van der Waals surface area contributed by atoms with E-state index in [0.29, 0.717) is 17.9 Å². The van der Waals surface area contributed by atoms with Crippen molar-refractivity contribution in [3.8, 4) is 5.75 Å². The van der Waals surface area contributed by atoms with Gasteiger partial charge in [0.05, 0.1) is 18.2 Å². The summed E-state index contributed by atoms with van der Waals surface area (Å²) in [7, 11) is 3.88. The number of anilines is 2. The number of ketones is 1. The predicted molar refractivity (Wildman–Crippen MR) is 148 cm³/mol. The summed E-state index contributed by atoms with van der Waals surface area (Å²) in [4.78, 5) is 30.5. The molecule has 1 atom stereocenters. The second-order valence-corrected chi connectivity index (χ2v) is 9.78. The fourth-order valence-electron chi connectivity index (χ4n) is 4.79. The smallest absolute Gasteiger partial charge is 0.300 e. The number of ether oxygens (including phenoxy) is 1. The zero-order valence-corrected chi connectivity index (χ0v) is 22.3. The predicted octanol–water partition coefficient (Wildman–Crippen LogP) is 6.21. The van der Waals surface area contributed by atoms with E-state index < -0.39 is 17.7 Å². The third-order valence-corrected chi connectivity index (χ3v) is 6.78. The van der Waals surface area contributed by atoms with Crippen molar-refractivity contribution in [2.24, 2.45) is 0 Å². The maximum absolute atomic E-state index is 13.5. The van der Waals surface area contributed by atoms with Gasteiger partial charge in [-0.25, -0.2) is 0 Å². The van der Waals surface area contributed by atoms with Gasteiger partial charge in [-0.3, -0.25) is 14.5 Å². The Morgan fingerprint density at radius 3 is 2.30 bits per heavy atom. The fraction of sp³-hybridized carbons (Fsp3) is 0.290. The first-order valence-corrected chi connectivity index (χ1v) is 12.6. The summed E-state index contributed by atoms with van der Waals surface area (Å²) in [5.41, 5.74) is 4.76. The number of aliphatic hydroxyl groups is 1. The van der Waals surface area contributed by atoms with Gasteiger partial charge in [0.1, 0.15) is 11.5 Å². The Bertz CT molecular complexity index is 1360. The molecule has 1 aliphatic rings. The summed E-state index contributed by atoms with van der Waals surface area (Å²) in [6.45, 7) is 8.48. The largest absolute Gasteiger partial charge is 0.507 e. The van der Waals surface area contributed by atoms with Crippen molar-refractivity contribution in [3.05, 3.63) is 94.6 Å². The van der Waals surface area contributed by atoms with Gasteiger partial charge in [0.2, 0.25) is 0 Å². The van der Waals surface area contributed by atoms with Gasteiger partial charge in [-0.05, 0) is 78.9 Å². The van der Waals surface area contributed by atoms with Crippen molar-refractivity contribution in [2.45, 2.75) is 39.7 Å². The molecular formula is C31H34N2O4. The SMILES string of the molecule is CCOc1ccc(/C(O)=C2\C(=O)C(=O)N(c3ccc(N(C)C)cc3)C2c2ccccc2C)cc1C(C)C. The monoisotopic (exact) mass is 498 g/mol. The highest BCUT2D eigenvalue weighted by atomic mass is 16.5. The maximum Gasteiger partial charge on any atom is 0.300 e. The minimum Gasteiger partial charge on any atom is -0.507 e. The molecule has 3 aromatic carbocycles. The van der Waals surface area contributed by atoms with Crippen LogP contribution < -0.4 is 14.5 Å². The van der Waals surface area contributed by atoms with Crippen molar-refractivity contribution in [1.82, 2.24) is 0 Å². The first-order valence-electron chi connectivity index (χ1n) is 12.6. The minimum atomic E-state index is -0.763. The van der Waals surface area contributed by atoms with Crippen LogP contribution in [0.15, 0.2) is 72.3 Å². The lowest BCUT2D eigenvalue weighted by Crippen LogP contribution is -2.29. The Kier molecular flexibility index (Phi) is 7.39. The summed E-state index contributed by atoms with van der Waals surface area (Å²) in [6.07, 6.45) is 0. The molecule has 4 rings (SSSR count). The Balaban J connectivity index is 1.92. The zero-order valence-electron chi connectivity index (χ0n) is 22.3. The van der Waals surface area contributed by atoms with E-state index in [1.807, 2.05) is 107 Å². The van der Waals surface area contributed by atoms with Crippen LogP contribution in [-0.2, 0) is 9.59 Å². The number of aryl methyl sites for hydroxylation is 1. The molecule has 3 aromatic rings. The molecule has 1 fully saturated rings. The lowest BCUT2D eigenvalue weighted by Gasteiger charge is -2.27. The van der Waals surface area contributed by atoms with Crippen LogP contribution in [0.2, 0.25) is 0 Å². The van der Waals surface area contributed by atoms with Crippen molar-refractivity contribution >= 4 is 28.8 Å². The van der Waals surface area contributed by atoms with Gasteiger partial charge in [-0.2, -0.15) is 0 Å². The lowest BCUT2D eigenvalue weighted by atomic mass is 9.91. The van der Waals surface area contributed by atoms with Crippen LogP contribution in [0.3, 0.4) is 0 Å². The lowest BCUT2D eigenvalue weighted by molar-refractivity contribution is -0.132. The Labute approximate surface area is 218 Å². The molecule has 6 heteroatoms. The molecule has 0 saturated carbocycles. The van der Waals surface area contributed by atoms with E-state index in [1.54, 1.807) is 6.07 Å². The van der Waals surface area contributed by atoms with Crippen LogP contribution in [0, 0.1) is 6.92 Å². The van der Waals surface area contributed by atoms with E-state index in [-0.39, 0.29) is 17.3 Å². The third kappa shape index (κ3) is 4.84. The van der Waals surface area contributed by atoms with Crippen LogP contribution in [0.1, 0.15) is 55.0 Å². The second-order valence-electron chi connectivity index (χ2n) is 9.78. The number of nitrogens with zero attached hydrogens (tertiary/aromatic N) is 2. The summed E-state index contributed by atoms with van der Waals surface area (Å²) < 4.78 is 5.77. The number of Topliss-reactive ketones (excluding diaryl/α,β-unsaturated/α-hetero) is 1. The van der Waals surface area contributed by atoms with Crippen molar-refractivity contribution in [2.75, 3.05) is 30.5 Å². The van der Waals surface area contributed by atoms with Crippen molar-refractivity contribution in [3.63, 3.8) is 0 Å². The van der Waals surface area contributed by atoms with Gasteiger partial charge in [0.15, 0.2) is 0 Å². The molecule has 1 heterocycles. The molecule has 0 aliphatic carbocycles. The number of carbonyl (C=O) groups excluding carboxylic acids is 2. The van der Waals surface area contributed by atoms with Gasteiger partial charge in [0, 0.05) is 31.0 Å². The molecule has 1 amide bonds. The van der Waals surface area contributed by atoms with Crippen molar-refractivity contribution < 1.29 is 19.4 Å². The second kappa shape index (κ2) is 10.5. The highest BCUT2D eigenvalue weighted by Crippen LogP contribution is 2.44. The summed E-state index contributed by atoms with van der Waals surface area (Å²) in [5, 5.41) is 11.6. The molecule has 0 radical (unpaired) electrons. The maximum atomic E-state index is 13.5. The highest BCUT2D eigenvalue weighted by molar-refractivity contribution is 6.51. The molecule has 1 saturated heterocycles. The van der Waals surface area contributed by atoms with Gasteiger partial charge < -0.3 is 14.7 Å². The molecule has 0 aromatic heterocycles. The molecule has 192 valence electrons. The summed E-state index contributed by atoms with van der Waals surface area (Å²) in [6, 6.07) is 19.8. The number of amides is 1. The first-order chi connectivity index (χ1) is 17.6. The number of rotatable bonds is 7. The topological polar surface area (TPSA) is 70.1 Å². The minimum absolute atomic E-state index is 0.0786. The van der Waals surface area contributed by atoms with Gasteiger partial charge in [0.25, 0.3) is 11.7 Å². The normalized spacial score (nSPS) is 16.9. The molecule has 37 heavy (non-hydrogen) atoms. The Hall–Kier alpha value is -4.06. The third-order valence-electron chi connectivity index (χ3n) is 6.78. The molecule has 1 unspecified atom stereocenters. The number of benzene rings is 3. The first kappa shape index (κ1) is 26.0. The fourth-order valence-corrected chi connectivity index (χ4v) is 4.79. The van der Waals surface area contributed by atoms with Crippen LogP contribution >= 0.6 is 0 Å². The molecular weight excluding hydrogens is 464 g/mol. The molecule has 1 aliphatic heterocycles. The quantitative estimate of drug-likeness (QED) is 0.238. The van der Waals surface area contributed by atoms with E-state index >= 15 is 0 Å². The average molecular weight is 499 g/mol. The number of hydrogen-bond donors (Lipinski definition) is 1. The van der Waals surface area contributed by atoms with Crippen LogP contribution in [0.25, 0.3) is 5.76 Å². The van der Waals surface area contributed by atoms with Gasteiger partial charge in [-0.1, -0.05) is 38.1 Å². The Morgan fingerprint density at radius 2 is 1.70 bits per heavy atom. The van der Waals surface area contributed by atoms with Gasteiger partial charge >= 0.3 is 0 Å². The zero-order chi connectivity index (χ0) is 26.9. The van der Waals surface area contributed by atoms with E-state index in [1.165, 1.54) is 4.90 Å². The van der Waals surface area contributed by atoms with E-state index in [2.05, 4.69) is 0 Å². The molecule has 0 spiro atoms. The standard InChI is InChI=1S/C31H34N2O4/c1-7-37-26-17-12-21(18-25(26)19(2)3)29(34)27-28(24-11-9-8-10-20(24)4)33(31(36)30(27)35)23-15-13-22(14-16-23)32(5)6/h8-19,28,34H,7H2,1-6H3/b29-27+. The number of hydrogen-bond acceptors (Lipinski definition) is 5. The Morgan fingerprint density at radius 1 is 1.03 bits per heavy atom. The average Bonchev–Trinajstić information content (AvgIpc) is 3.14.